The molecule has 1 saturated heterocycles. The summed E-state index contributed by atoms with van der Waals surface area (Å²) in [5.41, 5.74) is 0.646. The second kappa shape index (κ2) is 4.13. The molecule has 14 heavy (non-hydrogen) atoms. The van der Waals surface area contributed by atoms with Gasteiger partial charge in [-0.15, -0.1) is 0 Å². The minimum atomic E-state index is -2.87. The van der Waals surface area contributed by atoms with Crippen LogP contribution in [-0.4, -0.2) is 31.0 Å². The first-order valence-corrected chi connectivity index (χ1v) is 6.33. The summed E-state index contributed by atoms with van der Waals surface area (Å²) in [6.07, 6.45) is 0.994. The van der Waals surface area contributed by atoms with Crippen LogP contribution in [0, 0.1) is 5.92 Å². The molecular weight excluding hydrogens is 204 g/mol. The minimum absolute atomic E-state index is 0.0509. The van der Waals surface area contributed by atoms with Crippen molar-refractivity contribution < 1.29 is 18.3 Å². The molecule has 1 aliphatic heterocycles. The van der Waals surface area contributed by atoms with E-state index in [2.05, 4.69) is 6.58 Å². The lowest BCUT2D eigenvalue weighted by atomic mass is 9.92. The molecule has 1 rings (SSSR count). The fraction of sp³-hybridized carbons (Fsp3) is 0.667. The summed E-state index contributed by atoms with van der Waals surface area (Å²) in [6.45, 7) is 3.69. The molecule has 0 spiro atoms. The van der Waals surface area contributed by atoms with E-state index in [4.69, 9.17) is 5.11 Å². The summed E-state index contributed by atoms with van der Waals surface area (Å²) in [5.74, 6) is -0.509. The largest absolute Gasteiger partial charge is 0.481 e. The Hall–Kier alpha value is -0.840. The monoisotopic (exact) mass is 218 g/mol. The van der Waals surface area contributed by atoms with Gasteiger partial charge >= 0.3 is 5.97 Å². The highest BCUT2D eigenvalue weighted by atomic mass is 32.2. The molecule has 0 amide bonds. The van der Waals surface area contributed by atoms with Crippen molar-refractivity contribution in [2.75, 3.05) is 11.5 Å². The maximum atomic E-state index is 11.1. The van der Waals surface area contributed by atoms with Gasteiger partial charge in [-0.3, -0.25) is 4.79 Å². The Balaban J connectivity index is 2.50. The van der Waals surface area contributed by atoms with E-state index in [0.717, 1.165) is 0 Å². The SMILES string of the molecule is C=C(CC(=O)O)C1CCS(=O)(=O)CC1. The maximum Gasteiger partial charge on any atom is 0.307 e. The van der Waals surface area contributed by atoms with E-state index < -0.39 is 15.8 Å². The first kappa shape index (κ1) is 11.2. The molecule has 0 saturated carbocycles. The summed E-state index contributed by atoms with van der Waals surface area (Å²) in [4.78, 5) is 10.4. The lowest BCUT2D eigenvalue weighted by Gasteiger charge is -2.22. The highest BCUT2D eigenvalue weighted by Gasteiger charge is 2.25. The molecule has 0 aromatic carbocycles. The smallest absolute Gasteiger partial charge is 0.307 e. The normalized spacial score (nSPS) is 21.7. The molecule has 1 fully saturated rings. The van der Waals surface area contributed by atoms with E-state index in [-0.39, 0.29) is 23.8 Å². The molecule has 1 heterocycles. The molecule has 0 bridgehead atoms. The Morgan fingerprint density at radius 3 is 2.29 bits per heavy atom. The fourth-order valence-electron chi connectivity index (χ4n) is 1.64. The van der Waals surface area contributed by atoms with Crippen LogP contribution in [0.25, 0.3) is 0 Å². The van der Waals surface area contributed by atoms with Crippen LogP contribution >= 0.6 is 0 Å². The van der Waals surface area contributed by atoms with Crippen molar-refractivity contribution in [3.05, 3.63) is 12.2 Å². The predicted octanol–water partition coefficient (Wildman–Crippen LogP) is 0.842. The number of carboxylic acid groups (broad SMARTS) is 1. The van der Waals surface area contributed by atoms with Gasteiger partial charge in [0, 0.05) is 0 Å². The van der Waals surface area contributed by atoms with Crippen LogP contribution in [-0.2, 0) is 14.6 Å². The molecule has 4 nitrogen and oxygen atoms in total. The number of sulfone groups is 1. The van der Waals surface area contributed by atoms with E-state index in [1.54, 1.807) is 0 Å². The first-order chi connectivity index (χ1) is 6.41. The van der Waals surface area contributed by atoms with Crippen molar-refractivity contribution >= 4 is 15.8 Å². The average Bonchev–Trinajstić information content (AvgIpc) is 2.02. The second-order valence-corrected chi connectivity index (χ2v) is 5.96. The van der Waals surface area contributed by atoms with Gasteiger partial charge in [-0.2, -0.15) is 0 Å². The molecule has 0 unspecified atom stereocenters. The van der Waals surface area contributed by atoms with Gasteiger partial charge in [-0.1, -0.05) is 12.2 Å². The quantitative estimate of drug-likeness (QED) is 0.712. The third-order valence-electron chi connectivity index (χ3n) is 2.51. The maximum absolute atomic E-state index is 11.1. The molecule has 0 aliphatic carbocycles. The third kappa shape index (κ3) is 3.14. The Labute approximate surface area is 83.5 Å². The predicted molar refractivity (Wildman–Crippen MR) is 52.8 cm³/mol. The number of rotatable bonds is 3. The van der Waals surface area contributed by atoms with Crippen LogP contribution in [0.4, 0.5) is 0 Å². The molecule has 1 aliphatic rings. The summed E-state index contributed by atoms with van der Waals surface area (Å²) in [7, 11) is -2.87. The number of hydrogen-bond donors (Lipinski definition) is 1. The zero-order valence-electron chi connectivity index (χ0n) is 7.90. The van der Waals surface area contributed by atoms with Crippen molar-refractivity contribution in [2.45, 2.75) is 19.3 Å². The van der Waals surface area contributed by atoms with Gasteiger partial charge in [-0.05, 0) is 18.8 Å². The van der Waals surface area contributed by atoms with Gasteiger partial charge in [0.05, 0.1) is 17.9 Å². The topological polar surface area (TPSA) is 71.4 Å². The zero-order valence-corrected chi connectivity index (χ0v) is 8.72. The van der Waals surface area contributed by atoms with E-state index in [1.807, 2.05) is 0 Å². The van der Waals surface area contributed by atoms with Crippen molar-refractivity contribution in [1.29, 1.82) is 0 Å². The van der Waals surface area contributed by atoms with Gasteiger partial charge < -0.3 is 5.11 Å². The molecule has 80 valence electrons. The van der Waals surface area contributed by atoms with Gasteiger partial charge in [0.15, 0.2) is 0 Å². The second-order valence-electron chi connectivity index (χ2n) is 3.65. The van der Waals surface area contributed by atoms with E-state index >= 15 is 0 Å². The highest BCUT2D eigenvalue weighted by molar-refractivity contribution is 7.91. The molecule has 0 aromatic heterocycles. The number of carbonyl (C=O) groups is 1. The van der Waals surface area contributed by atoms with Gasteiger partial charge in [0.25, 0.3) is 0 Å². The van der Waals surface area contributed by atoms with E-state index in [1.165, 1.54) is 0 Å². The lowest BCUT2D eigenvalue weighted by Crippen LogP contribution is -2.24. The lowest BCUT2D eigenvalue weighted by molar-refractivity contribution is -0.136. The number of carboxylic acids is 1. The molecular formula is C9H14O4S. The number of aliphatic carboxylic acids is 1. The van der Waals surface area contributed by atoms with Crippen molar-refractivity contribution in [2.24, 2.45) is 5.92 Å². The van der Waals surface area contributed by atoms with Crippen LogP contribution in [0.1, 0.15) is 19.3 Å². The van der Waals surface area contributed by atoms with Crippen LogP contribution in [0.2, 0.25) is 0 Å². The highest BCUT2D eigenvalue weighted by Crippen LogP contribution is 2.26. The van der Waals surface area contributed by atoms with Crippen LogP contribution in [0.5, 0.6) is 0 Å². The van der Waals surface area contributed by atoms with Gasteiger partial charge in [0.1, 0.15) is 9.84 Å². The fourth-order valence-corrected chi connectivity index (χ4v) is 3.13. The van der Waals surface area contributed by atoms with Crippen molar-refractivity contribution in [1.82, 2.24) is 0 Å². The molecule has 0 atom stereocenters. The van der Waals surface area contributed by atoms with Crippen molar-refractivity contribution in [3.63, 3.8) is 0 Å². The molecule has 1 N–H and O–H groups in total. The van der Waals surface area contributed by atoms with E-state index in [9.17, 15) is 13.2 Å². The van der Waals surface area contributed by atoms with Gasteiger partial charge in [0.2, 0.25) is 0 Å². The molecule has 0 aromatic rings. The van der Waals surface area contributed by atoms with Gasteiger partial charge in [-0.25, -0.2) is 8.42 Å². The Bertz CT molecular complexity index is 328. The average molecular weight is 218 g/mol. The zero-order chi connectivity index (χ0) is 10.8. The van der Waals surface area contributed by atoms with Crippen LogP contribution in [0.3, 0.4) is 0 Å². The minimum Gasteiger partial charge on any atom is -0.481 e. The third-order valence-corrected chi connectivity index (χ3v) is 4.23. The summed E-state index contributed by atoms with van der Waals surface area (Å²) in [6, 6.07) is 0. The molecule has 0 radical (unpaired) electrons. The van der Waals surface area contributed by atoms with Crippen molar-refractivity contribution in [3.8, 4) is 0 Å². The van der Waals surface area contributed by atoms with Crippen LogP contribution in [0.15, 0.2) is 12.2 Å². The number of hydrogen-bond acceptors (Lipinski definition) is 3. The standard InChI is InChI=1S/C9H14O4S/c1-7(6-9(10)11)8-2-4-14(12,13)5-3-8/h8H,1-6H2,(H,10,11). The Kier molecular flexibility index (Phi) is 3.31. The Morgan fingerprint density at radius 2 is 1.86 bits per heavy atom. The summed E-state index contributed by atoms with van der Waals surface area (Å²) in [5, 5.41) is 8.54. The summed E-state index contributed by atoms with van der Waals surface area (Å²) >= 11 is 0. The Morgan fingerprint density at radius 1 is 1.36 bits per heavy atom. The first-order valence-electron chi connectivity index (χ1n) is 4.50. The van der Waals surface area contributed by atoms with E-state index in [0.29, 0.717) is 18.4 Å². The molecule has 5 heteroatoms. The summed E-state index contributed by atoms with van der Waals surface area (Å²) < 4.78 is 22.2. The van der Waals surface area contributed by atoms with Crippen LogP contribution < -0.4 is 0 Å².